The van der Waals surface area contributed by atoms with Gasteiger partial charge in [-0.25, -0.2) is 4.98 Å². The smallest absolute Gasteiger partial charge is 0.348 e. The molecular weight excluding hydrogens is 351 g/mol. The Bertz CT molecular complexity index is 709. The van der Waals surface area contributed by atoms with E-state index < -0.39 is 12.7 Å². The van der Waals surface area contributed by atoms with Crippen LogP contribution in [-0.4, -0.2) is 47.6 Å². The molecule has 0 bridgehead atoms. The standard InChI is InChI=1S/C17H18F3N3OS/c18-17(19,20)11-23-8-6-13(7-9-23)22-15(24)14-10-21-16(25-14)12-4-2-1-3-5-12/h1-5,10,13H,6-9,11H2,(H,22,24). The minimum Gasteiger partial charge on any atom is -0.348 e. The number of carbonyl (C=O) groups is 1. The largest absolute Gasteiger partial charge is 0.401 e. The molecule has 1 amide bonds. The van der Waals surface area contributed by atoms with Gasteiger partial charge in [-0.05, 0) is 12.8 Å². The Morgan fingerprint density at radius 1 is 1.24 bits per heavy atom. The maximum Gasteiger partial charge on any atom is 0.401 e. The Kier molecular flexibility index (Phi) is 5.39. The van der Waals surface area contributed by atoms with Crippen LogP contribution in [0.1, 0.15) is 22.5 Å². The maximum absolute atomic E-state index is 12.4. The minimum absolute atomic E-state index is 0.0979. The molecule has 1 N–H and O–H groups in total. The van der Waals surface area contributed by atoms with Crippen molar-refractivity contribution >= 4 is 17.2 Å². The first-order valence-electron chi connectivity index (χ1n) is 8.02. The van der Waals surface area contributed by atoms with Crippen LogP contribution in [-0.2, 0) is 0 Å². The Balaban J connectivity index is 1.53. The van der Waals surface area contributed by atoms with Gasteiger partial charge in [0.05, 0.1) is 12.7 Å². The first-order valence-corrected chi connectivity index (χ1v) is 8.83. The zero-order chi connectivity index (χ0) is 17.9. The summed E-state index contributed by atoms with van der Waals surface area (Å²) in [6.45, 7) is -0.215. The highest BCUT2D eigenvalue weighted by Gasteiger charge is 2.32. The average Bonchev–Trinajstić information content (AvgIpc) is 3.06. The third kappa shape index (κ3) is 5.02. The zero-order valence-electron chi connectivity index (χ0n) is 13.4. The predicted molar refractivity (Wildman–Crippen MR) is 90.5 cm³/mol. The van der Waals surface area contributed by atoms with Crippen LogP contribution in [0.3, 0.4) is 0 Å². The molecule has 1 fully saturated rings. The van der Waals surface area contributed by atoms with Gasteiger partial charge < -0.3 is 5.32 Å². The number of likely N-dealkylation sites (tertiary alicyclic amines) is 1. The number of hydrogen-bond acceptors (Lipinski definition) is 4. The van der Waals surface area contributed by atoms with Gasteiger partial charge in [0.25, 0.3) is 5.91 Å². The lowest BCUT2D eigenvalue weighted by Gasteiger charge is -2.32. The molecule has 0 atom stereocenters. The Morgan fingerprint density at radius 2 is 1.92 bits per heavy atom. The second-order valence-corrected chi connectivity index (χ2v) is 7.07. The van der Waals surface area contributed by atoms with E-state index >= 15 is 0 Å². The molecular formula is C17H18F3N3OS. The second-order valence-electron chi connectivity index (χ2n) is 6.03. The first-order chi connectivity index (χ1) is 11.9. The monoisotopic (exact) mass is 369 g/mol. The number of rotatable bonds is 4. The molecule has 0 unspecified atom stereocenters. The Hall–Kier alpha value is -1.93. The summed E-state index contributed by atoms with van der Waals surface area (Å²) in [5.74, 6) is -0.214. The number of piperidine rings is 1. The fraction of sp³-hybridized carbons (Fsp3) is 0.412. The zero-order valence-corrected chi connectivity index (χ0v) is 14.2. The highest BCUT2D eigenvalue weighted by Crippen LogP contribution is 2.25. The van der Waals surface area contributed by atoms with E-state index in [2.05, 4.69) is 10.3 Å². The maximum atomic E-state index is 12.4. The molecule has 1 aromatic carbocycles. The van der Waals surface area contributed by atoms with E-state index in [4.69, 9.17) is 0 Å². The summed E-state index contributed by atoms with van der Waals surface area (Å²) < 4.78 is 37.2. The van der Waals surface area contributed by atoms with Crippen molar-refractivity contribution < 1.29 is 18.0 Å². The molecule has 4 nitrogen and oxygen atoms in total. The number of benzene rings is 1. The summed E-state index contributed by atoms with van der Waals surface area (Å²) in [6.07, 6.45) is -1.59. The molecule has 8 heteroatoms. The fourth-order valence-electron chi connectivity index (χ4n) is 2.84. The molecule has 25 heavy (non-hydrogen) atoms. The third-order valence-electron chi connectivity index (χ3n) is 4.08. The minimum atomic E-state index is -4.17. The average molecular weight is 369 g/mol. The molecule has 1 aromatic heterocycles. The van der Waals surface area contributed by atoms with Crippen molar-refractivity contribution in [2.75, 3.05) is 19.6 Å². The molecule has 134 valence electrons. The van der Waals surface area contributed by atoms with E-state index in [0.29, 0.717) is 30.8 Å². The van der Waals surface area contributed by atoms with Crippen molar-refractivity contribution in [2.45, 2.75) is 25.1 Å². The van der Waals surface area contributed by atoms with E-state index in [-0.39, 0.29) is 11.9 Å². The lowest BCUT2D eigenvalue weighted by molar-refractivity contribution is -0.148. The number of alkyl halides is 3. The quantitative estimate of drug-likeness (QED) is 0.896. The lowest BCUT2D eigenvalue weighted by atomic mass is 10.0. The van der Waals surface area contributed by atoms with Crippen LogP contribution in [0.4, 0.5) is 13.2 Å². The number of nitrogens with one attached hydrogen (secondary N) is 1. The van der Waals surface area contributed by atoms with Crippen molar-refractivity contribution in [2.24, 2.45) is 0 Å². The number of carbonyl (C=O) groups excluding carboxylic acids is 1. The third-order valence-corrected chi connectivity index (χ3v) is 5.12. The molecule has 1 aliphatic rings. The lowest BCUT2D eigenvalue weighted by Crippen LogP contribution is -2.46. The number of hydrogen-bond donors (Lipinski definition) is 1. The molecule has 0 aliphatic carbocycles. The molecule has 3 rings (SSSR count). The van der Waals surface area contributed by atoms with Gasteiger partial charge in [-0.3, -0.25) is 9.69 Å². The van der Waals surface area contributed by atoms with Crippen LogP contribution < -0.4 is 5.32 Å². The highest BCUT2D eigenvalue weighted by molar-refractivity contribution is 7.16. The molecule has 1 aliphatic heterocycles. The van der Waals surface area contributed by atoms with Gasteiger partial charge in [-0.1, -0.05) is 30.3 Å². The Labute approximate surface area is 147 Å². The number of thiazole rings is 1. The second kappa shape index (κ2) is 7.53. The van der Waals surface area contributed by atoms with Crippen molar-refractivity contribution in [3.8, 4) is 10.6 Å². The van der Waals surface area contributed by atoms with Gasteiger partial charge in [-0.2, -0.15) is 13.2 Å². The van der Waals surface area contributed by atoms with E-state index in [0.717, 1.165) is 10.6 Å². The van der Waals surface area contributed by atoms with Crippen molar-refractivity contribution in [3.63, 3.8) is 0 Å². The van der Waals surface area contributed by atoms with Crippen molar-refractivity contribution in [1.29, 1.82) is 0 Å². The molecule has 1 saturated heterocycles. The fourth-order valence-corrected chi connectivity index (χ4v) is 3.66. The molecule has 2 aromatic rings. The predicted octanol–water partition coefficient (Wildman–Crippen LogP) is 3.57. The summed E-state index contributed by atoms with van der Waals surface area (Å²) in [7, 11) is 0. The number of halogens is 3. The van der Waals surface area contributed by atoms with Crippen LogP contribution in [0.25, 0.3) is 10.6 Å². The summed E-state index contributed by atoms with van der Waals surface area (Å²) in [6, 6.07) is 9.49. The van der Waals surface area contributed by atoms with E-state index in [9.17, 15) is 18.0 Å². The first kappa shape index (κ1) is 17.9. The van der Waals surface area contributed by atoms with Gasteiger partial charge in [0.1, 0.15) is 9.88 Å². The molecule has 0 spiro atoms. The number of aromatic nitrogens is 1. The van der Waals surface area contributed by atoms with E-state index in [1.54, 1.807) is 6.20 Å². The summed E-state index contributed by atoms with van der Waals surface area (Å²) in [5.41, 5.74) is 0.951. The summed E-state index contributed by atoms with van der Waals surface area (Å²) >= 11 is 1.31. The van der Waals surface area contributed by atoms with Crippen LogP contribution in [0.2, 0.25) is 0 Å². The van der Waals surface area contributed by atoms with Crippen LogP contribution in [0.5, 0.6) is 0 Å². The highest BCUT2D eigenvalue weighted by atomic mass is 32.1. The van der Waals surface area contributed by atoms with Gasteiger partial charge >= 0.3 is 6.18 Å². The molecule has 0 saturated carbocycles. The molecule has 0 radical (unpaired) electrons. The normalized spacial score (nSPS) is 16.8. The van der Waals surface area contributed by atoms with Gasteiger partial charge in [0.15, 0.2) is 0 Å². The SMILES string of the molecule is O=C(NC1CCN(CC(F)(F)F)CC1)c1cnc(-c2ccccc2)s1. The number of amides is 1. The van der Waals surface area contributed by atoms with Gasteiger partial charge in [0, 0.05) is 24.7 Å². The van der Waals surface area contributed by atoms with Crippen LogP contribution in [0.15, 0.2) is 36.5 Å². The summed E-state index contributed by atoms with van der Waals surface area (Å²) in [4.78, 5) is 18.5. The van der Waals surface area contributed by atoms with E-state index in [1.807, 2.05) is 30.3 Å². The summed E-state index contributed by atoms with van der Waals surface area (Å²) in [5, 5.41) is 3.68. The topological polar surface area (TPSA) is 45.2 Å². The number of nitrogens with zero attached hydrogens (tertiary/aromatic N) is 2. The van der Waals surface area contributed by atoms with Crippen molar-refractivity contribution in [1.82, 2.24) is 15.2 Å². The van der Waals surface area contributed by atoms with Crippen molar-refractivity contribution in [3.05, 3.63) is 41.4 Å². The van der Waals surface area contributed by atoms with Crippen LogP contribution in [0, 0.1) is 0 Å². The van der Waals surface area contributed by atoms with Crippen LogP contribution >= 0.6 is 11.3 Å². The van der Waals surface area contributed by atoms with Gasteiger partial charge in [-0.15, -0.1) is 11.3 Å². The van der Waals surface area contributed by atoms with Gasteiger partial charge in [0.2, 0.25) is 0 Å². The van der Waals surface area contributed by atoms with E-state index in [1.165, 1.54) is 16.2 Å². The Morgan fingerprint density at radius 3 is 2.56 bits per heavy atom. The molecule has 2 heterocycles.